The Bertz CT molecular complexity index is 943. The smallest absolute Gasteiger partial charge is 0.222 e. The number of rotatable bonds is 4. The number of aliphatic hydroxyl groups excluding tert-OH is 1. The highest BCUT2D eigenvalue weighted by molar-refractivity contribution is 7.20. The monoisotopic (exact) mass is 388 g/mol. The lowest BCUT2D eigenvalue weighted by molar-refractivity contribution is 0.145. The molecule has 3 aromatic rings. The minimum atomic E-state index is -0.433. The van der Waals surface area contributed by atoms with E-state index in [9.17, 15) is 5.11 Å². The highest BCUT2D eigenvalue weighted by Gasteiger charge is 2.27. The van der Waals surface area contributed by atoms with Crippen LogP contribution < -0.4 is 15.4 Å². The Morgan fingerprint density at radius 1 is 1.33 bits per heavy atom. The SMILES string of the molecule is COc1nc(C(C)C)ccc1-c1cnc2sc(N3C[C@@H](N)C[C@H](O)C3)nn12. The molecule has 0 amide bonds. The normalized spacial score (nSPS) is 20.6. The number of β-amino-alcohol motifs (C(OH)–C–C–N with tert-alkyl or cyclic N) is 1. The van der Waals surface area contributed by atoms with Crippen LogP contribution in [0.1, 0.15) is 31.9 Å². The average Bonchev–Trinajstić information content (AvgIpc) is 3.21. The van der Waals surface area contributed by atoms with Gasteiger partial charge in [0.05, 0.1) is 30.7 Å². The minimum absolute atomic E-state index is 0.0580. The topological polar surface area (TPSA) is 102 Å². The number of pyridine rings is 1. The molecule has 3 aromatic heterocycles. The van der Waals surface area contributed by atoms with E-state index in [1.807, 2.05) is 17.0 Å². The molecule has 9 heteroatoms. The molecule has 1 saturated heterocycles. The molecule has 0 aromatic carbocycles. The third kappa shape index (κ3) is 3.38. The van der Waals surface area contributed by atoms with Gasteiger partial charge >= 0.3 is 0 Å². The fourth-order valence-electron chi connectivity index (χ4n) is 3.39. The summed E-state index contributed by atoms with van der Waals surface area (Å²) in [6.07, 6.45) is 1.97. The van der Waals surface area contributed by atoms with E-state index < -0.39 is 6.10 Å². The van der Waals surface area contributed by atoms with Crippen LogP contribution in [0.2, 0.25) is 0 Å². The lowest BCUT2D eigenvalue weighted by Gasteiger charge is -2.33. The van der Waals surface area contributed by atoms with Gasteiger partial charge in [-0.2, -0.15) is 0 Å². The molecule has 1 fully saturated rings. The van der Waals surface area contributed by atoms with Crippen LogP contribution in [0, 0.1) is 0 Å². The molecule has 1 aliphatic heterocycles. The molecule has 8 nitrogen and oxygen atoms in total. The molecule has 3 N–H and O–H groups in total. The molecule has 4 heterocycles. The first-order valence-electron chi connectivity index (χ1n) is 9.04. The van der Waals surface area contributed by atoms with Crippen molar-refractivity contribution < 1.29 is 9.84 Å². The van der Waals surface area contributed by atoms with Crippen molar-refractivity contribution in [3.63, 3.8) is 0 Å². The van der Waals surface area contributed by atoms with Gasteiger partial charge in [0.15, 0.2) is 0 Å². The van der Waals surface area contributed by atoms with Gasteiger partial charge in [-0.15, -0.1) is 5.10 Å². The number of hydrogen-bond acceptors (Lipinski definition) is 8. The van der Waals surface area contributed by atoms with Gasteiger partial charge in [-0.3, -0.25) is 0 Å². The summed E-state index contributed by atoms with van der Waals surface area (Å²) in [4.78, 5) is 11.9. The van der Waals surface area contributed by atoms with Gasteiger partial charge in [-0.25, -0.2) is 14.5 Å². The van der Waals surface area contributed by atoms with Gasteiger partial charge in [0.2, 0.25) is 16.0 Å². The standard InChI is InChI=1S/C18H24N6O2S/c1-10(2)14-5-4-13(16(21-14)26-3)15-7-20-17-24(15)22-18(27-17)23-8-11(19)6-12(25)9-23/h4-5,7,10-12,25H,6,8-9,19H2,1-3H3/t11-,12-/m0/s1. The van der Waals surface area contributed by atoms with Crippen molar-refractivity contribution in [3.8, 4) is 17.1 Å². The van der Waals surface area contributed by atoms with Crippen LogP contribution in [0.3, 0.4) is 0 Å². The van der Waals surface area contributed by atoms with E-state index in [1.54, 1.807) is 17.8 Å². The van der Waals surface area contributed by atoms with Crippen molar-refractivity contribution in [2.45, 2.75) is 38.3 Å². The molecule has 0 aliphatic carbocycles. The first-order valence-corrected chi connectivity index (χ1v) is 9.86. The third-order valence-electron chi connectivity index (χ3n) is 4.75. The number of imidazole rings is 1. The van der Waals surface area contributed by atoms with E-state index in [4.69, 9.17) is 15.6 Å². The van der Waals surface area contributed by atoms with Crippen LogP contribution in [-0.2, 0) is 0 Å². The maximum atomic E-state index is 10.0. The lowest BCUT2D eigenvalue weighted by atomic mass is 10.1. The number of nitrogens with zero attached hydrogens (tertiary/aromatic N) is 5. The number of fused-ring (bicyclic) bond motifs is 1. The maximum absolute atomic E-state index is 10.0. The van der Waals surface area contributed by atoms with Crippen molar-refractivity contribution in [2.24, 2.45) is 5.73 Å². The molecule has 0 radical (unpaired) electrons. The van der Waals surface area contributed by atoms with Crippen LogP contribution in [0.25, 0.3) is 16.2 Å². The predicted octanol–water partition coefficient (Wildman–Crippen LogP) is 1.88. The van der Waals surface area contributed by atoms with Crippen molar-refractivity contribution in [1.29, 1.82) is 0 Å². The molecule has 4 rings (SSSR count). The number of methoxy groups -OCH3 is 1. The van der Waals surface area contributed by atoms with Crippen molar-refractivity contribution in [2.75, 3.05) is 25.1 Å². The van der Waals surface area contributed by atoms with Gasteiger partial charge in [0.25, 0.3) is 0 Å². The summed E-state index contributed by atoms with van der Waals surface area (Å²) in [5.41, 5.74) is 8.70. The van der Waals surface area contributed by atoms with Gasteiger partial charge in [0, 0.05) is 24.8 Å². The summed E-state index contributed by atoms with van der Waals surface area (Å²) in [7, 11) is 1.62. The van der Waals surface area contributed by atoms with E-state index in [0.29, 0.717) is 31.3 Å². The number of anilines is 1. The Kier molecular flexibility index (Phi) is 4.75. The number of aliphatic hydroxyl groups is 1. The van der Waals surface area contributed by atoms with E-state index in [-0.39, 0.29) is 6.04 Å². The van der Waals surface area contributed by atoms with Crippen molar-refractivity contribution in [1.82, 2.24) is 19.6 Å². The second kappa shape index (κ2) is 7.06. The molecular weight excluding hydrogens is 364 g/mol. The fourth-order valence-corrected chi connectivity index (χ4v) is 4.28. The third-order valence-corrected chi connectivity index (χ3v) is 5.73. The second-order valence-electron chi connectivity index (χ2n) is 7.22. The Morgan fingerprint density at radius 3 is 2.85 bits per heavy atom. The zero-order valence-electron chi connectivity index (χ0n) is 15.7. The predicted molar refractivity (Wildman–Crippen MR) is 106 cm³/mol. The Balaban J connectivity index is 1.73. The van der Waals surface area contributed by atoms with E-state index in [0.717, 1.165) is 27.0 Å². The van der Waals surface area contributed by atoms with Crippen LogP contribution in [0.5, 0.6) is 5.88 Å². The zero-order chi connectivity index (χ0) is 19.1. The largest absolute Gasteiger partial charge is 0.480 e. The van der Waals surface area contributed by atoms with Gasteiger partial charge in [-0.1, -0.05) is 25.2 Å². The number of piperidine rings is 1. The summed E-state index contributed by atoms with van der Waals surface area (Å²) >= 11 is 1.48. The lowest BCUT2D eigenvalue weighted by Crippen LogP contribution is -2.49. The molecule has 27 heavy (non-hydrogen) atoms. The van der Waals surface area contributed by atoms with Crippen molar-refractivity contribution >= 4 is 21.4 Å². The maximum Gasteiger partial charge on any atom is 0.222 e. The van der Waals surface area contributed by atoms with Crippen molar-refractivity contribution in [3.05, 3.63) is 24.0 Å². The van der Waals surface area contributed by atoms with Crippen LogP contribution >= 0.6 is 11.3 Å². The number of aromatic nitrogens is 4. The summed E-state index contributed by atoms with van der Waals surface area (Å²) in [5.74, 6) is 0.881. The molecule has 144 valence electrons. The Morgan fingerprint density at radius 2 is 2.15 bits per heavy atom. The molecule has 0 saturated carbocycles. The number of ether oxygens (including phenoxy) is 1. The van der Waals surface area contributed by atoms with Gasteiger partial charge < -0.3 is 20.5 Å². The van der Waals surface area contributed by atoms with E-state index >= 15 is 0 Å². The summed E-state index contributed by atoms with van der Waals surface area (Å²) in [6, 6.07) is 3.96. The molecular formula is C18H24N6O2S. The summed E-state index contributed by atoms with van der Waals surface area (Å²) < 4.78 is 7.33. The van der Waals surface area contributed by atoms with Crippen LogP contribution in [0.15, 0.2) is 18.3 Å². The first-order chi connectivity index (χ1) is 13.0. The second-order valence-corrected chi connectivity index (χ2v) is 8.16. The highest BCUT2D eigenvalue weighted by Crippen LogP contribution is 2.33. The quantitative estimate of drug-likeness (QED) is 0.703. The molecule has 2 atom stereocenters. The van der Waals surface area contributed by atoms with Crippen LogP contribution in [-0.4, -0.2) is 57.0 Å². The number of hydrogen-bond donors (Lipinski definition) is 2. The Hall–Kier alpha value is -2.23. The van der Waals surface area contributed by atoms with E-state index in [1.165, 1.54) is 11.3 Å². The first kappa shape index (κ1) is 18.1. The van der Waals surface area contributed by atoms with Gasteiger partial charge in [-0.05, 0) is 24.5 Å². The van der Waals surface area contributed by atoms with Crippen LogP contribution in [0.4, 0.5) is 5.13 Å². The average molecular weight is 388 g/mol. The molecule has 0 unspecified atom stereocenters. The van der Waals surface area contributed by atoms with E-state index in [2.05, 4.69) is 23.8 Å². The summed E-state index contributed by atoms with van der Waals surface area (Å²) in [6.45, 7) is 5.41. The Labute approximate surface area is 161 Å². The molecule has 0 spiro atoms. The summed E-state index contributed by atoms with van der Waals surface area (Å²) in [5, 5.41) is 15.5. The minimum Gasteiger partial charge on any atom is -0.480 e. The zero-order valence-corrected chi connectivity index (χ0v) is 16.5. The fraction of sp³-hybridized carbons (Fsp3) is 0.500. The number of nitrogens with two attached hydrogens (primary N) is 1. The molecule has 0 bridgehead atoms. The molecule has 1 aliphatic rings. The van der Waals surface area contributed by atoms with Gasteiger partial charge in [0.1, 0.15) is 0 Å². The highest BCUT2D eigenvalue weighted by atomic mass is 32.1.